The fourth-order valence-corrected chi connectivity index (χ4v) is 2.07. The molecule has 0 radical (unpaired) electrons. The van der Waals surface area contributed by atoms with Crippen molar-refractivity contribution >= 4 is 0 Å². The molecule has 0 aliphatic heterocycles. The number of nitrogens with one attached hydrogen (secondary N) is 1. The molecule has 0 aliphatic rings. The molecule has 4 nitrogen and oxygen atoms in total. The van der Waals surface area contributed by atoms with E-state index in [-0.39, 0.29) is 12.1 Å². The van der Waals surface area contributed by atoms with Crippen LogP contribution in [0.3, 0.4) is 0 Å². The fourth-order valence-electron chi connectivity index (χ4n) is 2.07. The van der Waals surface area contributed by atoms with Gasteiger partial charge in [-0.1, -0.05) is 36.4 Å². The molecule has 0 saturated heterocycles. The molecule has 0 amide bonds. The van der Waals surface area contributed by atoms with E-state index in [0.29, 0.717) is 18.9 Å². The number of benzene rings is 2. The molecule has 2 rings (SSSR count). The molecule has 23 heavy (non-hydrogen) atoms. The van der Waals surface area contributed by atoms with Crippen LogP contribution in [0.2, 0.25) is 0 Å². The van der Waals surface area contributed by atoms with Crippen molar-refractivity contribution in [2.75, 3.05) is 13.7 Å². The Kier molecular flexibility index (Phi) is 6.02. The van der Waals surface area contributed by atoms with Crippen LogP contribution in [-0.2, 0) is 13.2 Å². The predicted octanol–water partition coefficient (Wildman–Crippen LogP) is 3.13. The van der Waals surface area contributed by atoms with Crippen molar-refractivity contribution in [3.63, 3.8) is 0 Å². The Balaban J connectivity index is 2.01. The molecular formula is C19H25NO3. The van der Waals surface area contributed by atoms with E-state index in [4.69, 9.17) is 9.47 Å². The van der Waals surface area contributed by atoms with Crippen LogP contribution in [-0.4, -0.2) is 24.4 Å². The van der Waals surface area contributed by atoms with Gasteiger partial charge in [0, 0.05) is 12.1 Å². The van der Waals surface area contributed by atoms with Gasteiger partial charge in [0.25, 0.3) is 0 Å². The van der Waals surface area contributed by atoms with Crippen LogP contribution in [0, 0.1) is 0 Å². The summed E-state index contributed by atoms with van der Waals surface area (Å²) in [6.07, 6.45) is 0. The summed E-state index contributed by atoms with van der Waals surface area (Å²) in [6, 6.07) is 15.9. The van der Waals surface area contributed by atoms with Crippen LogP contribution < -0.4 is 14.8 Å². The zero-order valence-electron chi connectivity index (χ0n) is 14.0. The van der Waals surface area contributed by atoms with Crippen molar-refractivity contribution < 1.29 is 14.6 Å². The third-order valence-corrected chi connectivity index (χ3v) is 3.63. The second-order valence-corrected chi connectivity index (χ2v) is 6.16. The molecule has 124 valence electrons. The first kappa shape index (κ1) is 17.3. The normalized spacial score (nSPS) is 11.3. The highest BCUT2D eigenvalue weighted by atomic mass is 16.5. The van der Waals surface area contributed by atoms with Gasteiger partial charge in [-0.25, -0.2) is 0 Å². The topological polar surface area (TPSA) is 50.7 Å². The molecule has 0 saturated carbocycles. The highest BCUT2D eigenvalue weighted by Crippen LogP contribution is 2.29. The standard InChI is InChI=1S/C19H25NO3/c1-19(2,14-21)20-12-16-9-10-17(18(11-16)22-3)23-13-15-7-5-4-6-8-15/h4-11,20-21H,12-14H2,1-3H3. The molecule has 0 bridgehead atoms. The minimum absolute atomic E-state index is 0.0857. The third kappa shape index (κ3) is 5.27. The van der Waals surface area contributed by atoms with Crippen molar-refractivity contribution in [3.8, 4) is 11.5 Å². The first-order chi connectivity index (χ1) is 11.0. The minimum Gasteiger partial charge on any atom is -0.493 e. The summed E-state index contributed by atoms with van der Waals surface area (Å²) in [5, 5.41) is 12.6. The SMILES string of the molecule is COc1cc(CNC(C)(C)CO)ccc1OCc1ccccc1. The van der Waals surface area contributed by atoms with Crippen molar-refractivity contribution in [1.82, 2.24) is 5.32 Å². The lowest BCUT2D eigenvalue weighted by Gasteiger charge is -2.23. The number of aliphatic hydroxyl groups is 1. The van der Waals surface area contributed by atoms with Crippen LogP contribution in [0.1, 0.15) is 25.0 Å². The van der Waals surface area contributed by atoms with E-state index in [0.717, 1.165) is 16.9 Å². The number of ether oxygens (including phenoxy) is 2. The molecule has 0 fully saturated rings. The second kappa shape index (κ2) is 7.99. The number of hydrogen-bond acceptors (Lipinski definition) is 4. The zero-order chi connectivity index (χ0) is 16.7. The van der Waals surface area contributed by atoms with E-state index in [1.54, 1.807) is 7.11 Å². The van der Waals surface area contributed by atoms with Crippen LogP contribution in [0.4, 0.5) is 0 Å². The maximum Gasteiger partial charge on any atom is 0.161 e. The van der Waals surface area contributed by atoms with Gasteiger partial charge >= 0.3 is 0 Å². The van der Waals surface area contributed by atoms with Crippen LogP contribution in [0.5, 0.6) is 11.5 Å². The van der Waals surface area contributed by atoms with Gasteiger partial charge in [0.15, 0.2) is 11.5 Å². The summed E-state index contributed by atoms with van der Waals surface area (Å²) in [5.74, 6) is 1.43. The van der Waals surface area contributed by atoms with E-state index < -0.39 is 0 Å². The highest BCUT2D eigenvalue weighted by Gasteiger charge is 2.15. The lowest BCUT2D eigenvalue weighted by atomic mass is 10.1. The van der Waals surface area contributed by atoms with Gasteiger partial charge in [0.1, 0.15) is 6.61 Å². The van der Waals surface area contributed by atoms with E-state index in [2.05, 4.69) is 5.32 Å². The van der Waals surface area contributed by atoms with Gasteiger partial charge < -0.3 is 19.9 Å². The van der Waals surface area contributed by atoms with Gasteiger partial charge in [-0.05, 0) is 37.1 Å². The molecular weight excluding hydrogens is 290 g/mol. The minimum atomic E-state index is -0.310. The summed E-state index contributed by atoms with van der Waals surface area (Å²) < 4.78 is 11.3. The third-order valence-electron chi connectivity index (χ3n) is 3.63. The predicted molar refractivity (Wildman–Crippen MR) is 91.8 cm³/mol. The second-order valence-electron chi connectivity index (χ2n) is 6.16. The number of aliphatic hydroxyl groups excluding tert-OH is 1. The van der Waals surface area contributed by atoms with Gasteiger partial charge in [-0.15, -0.1) is 0 Å². The van der Waals surface area contributed by atoms with Crippen LogP contribution in [0.15, 0.2) is 48.5 Å². The van der Waals surface area contributed by atoms with Gasteiger partial charge in [-0.2, -0.15) is 0 Å². The van der Waals surface area contributed by atoms with Gasteiger partial charge in [0.2, 0.25) is 0 Å². The Bertz CT molecular complexity index is 611. The Morgan fingerprint density at radius 1 is 1.00 bits per heavy atom. The number of hydrogen-bond donors (Lipinski definition) is 2. The quantitative estimate of drug-likeness (QED) is 0.786. The number of methoxy groups -OCH3 is 1. The van der Waals surface area contributed by atoms with Crippen molar-refractivity contribution in [2.45, 2.75) is 32.5 Å². The van der Waals surface area contributed by atoms with Gasteiger partial charge in [0.05, 0.1) is 13.7 Å². The largest absolute Gasteiger partial charge is 0.493 e. The van der Waals surface area contributed by atoms with E-state index >= 15 is 0 Å². The monoisotopic (exact) mass is 315 g/mol. The molecule has 0 spiro atoms. The summed E-state index contributed by atoms with van der Waals surface area (Å²) in [4.78, 5) is 0. The Hall–Kier alpha value is -2.04. The van der Waals surface area contributed by atoms with Crippen LogP contribution in [0.25, 0.3) is 0 Å². The van der Waals surface area contributed by atoms with E-state index in [9.17, 15) is 5.11 Å². The zero-order valence-corrected chi connectivity index (χ0v) is 14.0. The van der Waals surface area contributed by atoms with E-state index in [1.165, 1.54) is 0 Å². The first-order valence-electron chi connectivity index (χ1n) is 7.73. The lowest BCUT2D eigenvalue weighted by Crippen LogP contribution is -2.42. The highest BCUT2D eigenvalue weighted by molar-refractivity contribution is 5.43. The molecule has 4 heteroatoms. The van der Waals surface area contributed by atoms with Crippen molar-refractivity contribution in [1.29, 1.82) is 0 Å². The maximum absolute atomic E-state index is 9.29. The summed E-state index contributed by atoms with van der Waals surface area (Å²) in [7, 11) is 1.64. The lowest BCUT2D eigenvalue weighted by molar-refractivity contribution is 0.187. The summed E-state index contributed by atoms with van der Waals surface area (Å²) in [5.41, 5.74) is 1.89. The molecule has 2 aromatic rings. The molecule has 0 heterocycles. The molecule has 0 unspecified atom stereocenters. The average Bonchev–Trinajstić information content (AvgIpc) is 2.59. The Morgan fingerprint density at radius 2 is 1.74 bits per heavy atom. The Labute approximate surface area is 138 Å². The van der Waals surface area contributed by atoms with Crippen molar-refractivity contribution in [2.24, 2.45) is 0 Å². The van der Waals surface area contributed by atoms with E-state index in [1.807, 2.05) is 62.4 Å². The summed E-state index contributed by atoms with van der Waals surface area (Å²) in [6.45, 7) is 5.17. The molecule has 0 aliphatic carbocycles. The van der Waals surface area contributed by atoms with Crippen molar-refractivity contribution in [3.05, 3.63) is 59.7 Å². The Morgan fingerprint density at radius 3 is 2.39 bits per heavy atom. The first-order valence-corrected chi connectivity index (χ1v) is 7.73. The molecule has 0 aromatic heterocycles. The van der Waals surface area contributed by atoms with Gasteiger partial charge in [-0.3, -0.25) is 0 Å². The molecule has 2 aromatic carbocycles. The fraction of sp³-hybridized carbons (Fsp3) is 0.368. The smallest absolute Gasteiger partial charge is 0.161 e. The molecule has 0 atom stereocenters. The average molecular weight is 315 g/mol. The number of rotatable bonds is 8. The maximum atomic E-state index is 9.29. The molecule has 2 N–H and O–H groups in total. The van der Waals surface area contributed by atoms with Crippen LogP contribution >= 0.6 is 0 Å². The summed E-state index contributed by atoms with van der Waals surface area (Å²) >= 11 is 0.